The number of carbonyl (C=O) groups excluding carboxylic acids is 1. The number of aromatic nitrogens is 3. The summed E-state index contributed by atoms with van der Waals surface area (Å²) < 4.78 is 1.77. The SMILES string of the molecule is CCC(C)C(N)C(=O)Nc1cccc(-n2cnnc2)c1. The van der Waals surface area contributed by atoms with E-state index in [1.807, 2.05) is 38.1 Å². The van der Waals surface area contributed by atoms with Crippen LogP contribution in [0.1, 0.15) is 20.3 Å². The highest BCUT2D eigenvalue weighted by Crippen LogP contribution is 2.15. The summed E-state index contributed by atoms with van der Waals surface area (Å²) in [7, 11) is 0. The summed E-state index contributed by atoms with van der Waals surface area (Å²) in [6.45, 7) is 3.99. The highest BCUT2D eigenvalue weighted by molar-refractivity contribution is 5.95. The maximum atomic E-state index is 12.0. The van der Waals surface area contributed by atoms with E-state index in [1.165, 1.54) is 0 Å². The van der Waals surface area contributed by atoms with E-state index in [1.54, 1.807) is 17.2 Å². The average Bonchev–Trinajstić information content (AvgIpc) is 3.00. The van der Waals surface area contributed by atoms with Crippen LogP contribution in [-0.4, -0.2) is 26.7 Å². The van der Waals surface area contributed by atoms with Gasteiger partial charge in [-0.25, -0.2) is 0 Å². The van der Waals surface area contributed by atoms with E-state index in [9.17, 15) is 4.79 Å². The summed E-state index contributed by atoms with van der Waals surface area (Å²) >= 11 is 0. The molecule has 2 rings (SSSR count). The number of anilines is 1. The first kappa shape index (κ1) is 14.2. The third kappa shape index (κ3) is 3.21. The van der Waals surface area contributed by atoms with Gasteiger partial charge in [-0.1, -0.05) is 26.3 Å². The Kier molecular flexibility index (Phi) is 4.47. The van der Waals surface area contributed by atoms with Crippen molar-refractivity contribution in [2.24, 2.45) is 11.7 Å². The number of amides is 1. The Morgan fingerprint density at radius 3 is 2.75 bits per heavy atom. The van der Waals surface area contributed by atoms with Crippen molar-refractivity contribution in [3.8, 4) is 5.69 Å². The van der Waals surface area contributed by atoms with Crippen LogP contribution in [0.2, 0.25) is 0 Å². The maximum absolute atomic E-state index is 12.0. The van der Waals surface area contributed by atoms with Gasteiger partial charge in [-0.2, -0.15) is 0 Å². The zero-order chi connectivity index (χ0) is 14.5. The third-order valence-electron chi connectivity index (χ3n) is 3.39. The van der Waals surface area contributed by atoms with Crippen LogP contribution in [0.25, 0.3) is 5.69 Å². The van der Waals surface area contributed by atoms with Crippen LogP contribution in [-0.2, 0) is 4.79 Å². The minimum Gasteiger partial charge on any atom is -0.325 e. The maximum Gasteiger partial charge on any atom is 0.241 e. The molecule has 1 aromatic carbocycles. The van der Waals surface area contributed by atoms with Crippen molar-refractivity contribution >= 4 is 11.6 Å². The molecule has 2 unspecified atom stereocenters. The Bertz CT molecular complexity index is 567. The zero-order valence-electron chi connectivity index (χ0n) is 11.7. The molecule has 0 aliphatic rings. The summed E-state index contributed by atoms with van der Waals surface area (Å²) in [6.07, 6.45) is 4.08. The molecule has 106 valence electrons. The molecule has 2 atom stereocenters. The first-order valence-corrected chi connectivity index (χ1v) is 6.63. The van der Waals surface area contributed by atoms with Crippen molar-refractivity contribution in [2.45, 2.75) is 26.3 Å². The van der Waals surface area contributed by atoms with Gasteiger partial charge >= 0.3 is 0 Å². The molecule has 0 saturated carbocycles. The van der Waals surface area contributed by atoms with Crippen molar-refractivity contribution in [2.75, 3.05) is 5.32 Å². The normalized spacial score (nSPS) is 13.8. The fraction of sp³-hybridized carbons (Fsp3) is 0.357. The molecule has 1 aromatic heterocycles. The van der Waals surface area contributed by atoms with Crippen LogP contribution in [0, 0.1) is 5.92 Å². The van der Waals surface area contributed by atoms with Crippen molar-refractivity contribution < 1.29 is 4.79 Å². The Morgan fingerprint density at radius 1 is 1.40 bits per heavy atom. The van der Waals surface area contributed by atoms with Gasteiger partial charge in [0.1, 0.15) is 12.7 Å². The number of hydrogen-bond acceptors (Lipinski definition) is 4. The zero-order valence-corrected chi connectivity index (χ0v) is 11.7. The summed E-state index contributed by atoms with van der Waals surface area (Å²) in [5.41, 5.74) is 7.50. The molecule has 20 heavy (non-hydrogen) atoms. The standard InChI is InChI=1S/C14H19N5O/c1-3-10(2)13(15)14(20)18-11-5-4-6-12(7-11)19-8-16-17-9-19/h4-10,13H,3,15H2,1-2H3,(H,18,20). The number of nitrogens with two attached hydrogens (primary N) is 1. The second-order valence-electron chi connectivity index (χ2n) is 4.82. The molecule has 2 aromatic rings. The summed E-state index contributed by atoms with van der Waals surface area (Å²) in [6, 6.07) is 6.95. The fourth-order valence-corrected chi connectivity index (χ4v) is 1.82. The van der Waals surface area contributed by atoms with Gasteiger partial charge in [-0.15, -0.1) is 10.2 Å². The number of rotatable bonds is 5. The molecule has 0 fully saturated rings. The van der Waals surface area contributed by atoms with Gasteiger partial charge in [0.2, 0.25) is 5.91 Å². The third-order valence-corrected chi connectivity index (χ3v) is 3.39. The molecule has 0 saturated heterocycles. The second-order valence-corrected chi connectivity index (χ2v) is 4.82. The van der Waals surface area contributed by atoms with E-state index in [4.69, 9.17) is 5.73 Å². The van der Waals surface area contributed by atoms with Crippen LogP contribution < -0.4 is 11.1 Å². The molecule has 6 heteroatoms. The van der Waals surface area contributed by atoms with Gasteiger partial charge in [-0.05, 0) is 24.1 Å². The molecular formula is C14H19N5O. The van der Waals surface area contributed by atoms with Crippen LogP contribution in [0.5, 0.6) is 0 Å². The minimum atomic E-state index is -0.501. The van der Waals surface area contributed by atoms with E-state index in [2.05, 4.69) is 15.5 Å². The Morgan fingerprint density at radius 2 is 2.10 bits per heavy atom. The van der Waals surface area contributed by atoms with E-state index < -0.39 is 6.04 Å². The van der Waals surface area contributed by atoms with Gasteiger partial charge < -0.3 is 11.1 Å². The molecular weight excluding hydrogens is 254 g/mol. The number of nitrogens with one attached hydrogen (secondary N) is 1. The van der Waals surface area contributed by atoms with E-state index in [0.717, 1.165) is 12.1 Å². The smallest absolute Gasteiger partial charge is 0.241 e. The van der Waals surface area contributed by atoms with Gasteiger partial charge in [0.25, 0.3) is 0 Å². The van der Waals surface area contributed by atoms with Crippen LogP contribution in [0.3, 0.4) is 0 Å². The quantitative estimate of drug-likeness (QED) is 0.866. The van der Waals surface area contributed by atoms with Gasteiger partial charge in [-0.3, -0.25) is 9.36 Å². The highest BCUT2D eigenvalue weighted by Gasteiger charge is 2.19. The van der Waals surface area contributed by atoms with Gasteiger partial charge in [0.05, 0.1) is 11.7 Å². The van der Waals surface area contributed by atoms with Gasteiger partial charge in [0.15, 0.2) is 0 Å². The van der Waals surface area contributed by atoms with E-state index in [0.29, 0.717) is 5.69 Å². The monoisotopic (exact) mass is 273 g/mol. The molecule has 6 nitrogen and oxygen atoms in total. The number of carbonyl (C=O) groups is 1. The van der Waals surface area contributed by atoms with Crippen molar-refractivity contribution in [3.05, 3.63) is 36.9 Å². The molecule has 0 bridgehead atoms. The van der Waals surface area contributed by atoms with Gasteiger partial charge in [0, 0.05) is 5.69 Å². The molecule has 0 spiro atoms. The first-order valence-electron chi connectivity index (χ1n) is 6.63. The predicted molar refractivity (Wildman–Crippen MR) is 77.4 cm³/mol. The summed E-state index contributed by atoms with van der Waals surface area (Å²) in [5, 5.41) is 10.4. The highest BCUT2D eigenvalue weighted by atomic mass is 16.2. The first-order chi connectivity index (χ1) is 9.61. The molecule has 0 radical (unpaired) electrons. The topological polar surface area (TPSA) is 85.8 Å². The molecule has 1 amide bonds. The second kappa shape index (κ2) is 6.29. The minimum absolute atomic E-state index is 0.149. The van der Waals surface area contributed by atoms with E-state index >= 15 is 0 Å². The molecule has 0 aliphatic heterocycles. The summed E-state index contributed by atoms with van der Waals surface area (Å²) in [5.74, 6) is -0.0173. The average molecular weight is 273 g/mol. The molecule has 0 aliphatic carbocycles. The fourth-order valence-electron chi connectivity index (χ4n) is 1.82. The Hall–Kier alpha value is -2.21. The Labute approximate surface area is 118 Å². The number of benzene rings is 1. The lowest BCUT2D eigenvalue weighted by atomic mass is 9.99. The predicted octanol–water partition coefficient (Wildman–Crippen LogP) is 1.58. The number of nitrogens with zero attached hydrogens (tertiary/aromatic N) is 3. The largest absolute Gasteiger partial charge is 0.325 e. The van der Waals surface area contributed by atoms with Crippen molar-refractivity contribution in [1.29, 1.82) is 0 Å². The number of hydrogen-bond donors (Lipinski definition) is 2. The van der Waals surface area contributed by atoms with Crippen molar-refractivity contribution in [3.63, 3.8) is 0 Å². The van der Waals surface area contributed by atoms with Crippen LogP contribution in [0.4, 0.5) is 5.69 Å². The summed E-state index contributed by atoms with van der Waals surface area (Å²) in [4.78, 5) is 12.0. The van der Waals surface area contributed by atoms with Crippen LogP contribution in [0.15, 0.2) is 36.9 Å². The lowest BCUT2D eigenvalue weighted by Crippen LogP contribution is -2.40. The molecule has 1 heterocycles. The lowest BCUT2D eigenvalue weighted by molar-refractivity contribution is -0.118. The Balaban J connectivity index is 2.10. The van der Waals surface area contributed by atoms with Crippen LogP contribution >= 0.6 is 0 Å². The lowest BCUT2D eigenvalue weighted by Gasteiger charge is -2.18. The van der Waals surface area contributed by atoms with E-state index in [-0.39, 0.29) is 11.8 Å². The molecule has 3 N–H and O–H groups in total. The van der Waals surface area contributed by atoms with Crippen molar-refractivity contribution in [1.82, 2.24) is 14.8 Å².